The summed E-state index contributed by atoms with van der Waals surface area (Å²) in [5.41, 5.74) is 4.32. The number of carbonyl (C=O) groups is 1. The lowest BCUT2D eigenvalue weighted by molar-refractivity contribution is 0.0760. The van der Waals surface area contributed by atoms with Gasteiger partial charge in [-0.3, -0.25) is 9.48 Å². The molecule has 4 rings (SSSR count). The topological polar surface area (TPSA) is 89.9 Å². The van der Waals surface area contributed by atoms with E-state index in [0.29, 0.717) is 11.5 Å². The molecule has 0 radical (unpaired) electrons. The molecule has 1 aliphatic heterocycles. The molecule has 0 aliphatic carbocycles. The summed E-state index contributed by atoms with van der Waals surface area (Å²) in [4.78, 5) is 23.6. The summed E-state index contributed by atoms with van der Waals surface area (Å²) in [5, 5.41) is 8.13. The third kappa shape index (κ3) is 4.21. The second-order valence-electron chi connectivity index (χ2n) is 7.79. The van der Waals surface area contributed by atoms with Crippen molar-refractivity contribution in [2.45, 2.75) is 39.5 Å². The van der Waals surface area contributed by atoms with Crippen LogP contribution in [0.3, 0.4) is 0 Å². The van der Waals surface area contributed by atoms with Gasteiger partial charge in [-0.1, -0.05) is 5.16 Å². The summed E-state index contributed by atoms with van der Waals surface area (Å²) in [6.45, 7) is 5.38. The van der Waals surface area contributed by atoms with Crippen molar-refractivity contribution >= 4 is 5.91 Å². The van der Waals surface area contributed by atoms with Crippen LogP contribution in [0.1, 0.15) is 46.8 Å². The van der Waals surface area contributed by atoms with Gasteiger partial charge in [-0.25, -0.2) is 9.97 Å². The first kappa shape index (κ1) is 19.3. The Balaban J connectivity index is 1.42. The van der Waals surface area contributed by atoms with E-state index in [2.05, 4.69) is 20.2 Å². The van der Waals surface area contributed by atoms with Gasteiger partial charge >= 0.3 is 0 Å². The molecule has 1 saturated heterocycles. The van der Waals surface area contributed by atoms with Crippen LogP contribution >= 0.6 is 0 Å². The van der Waals surface area contributed by atoms with Crippen molar-refractivity contribution in [1.29, 1.82) is 0 Å². The van der Waals surface area contributed by atoms with Gasteiger partial charge in [-0.15, -0.1) is 0 Å². The number of hydrogen-bond donors (Lipinski definition) is 0. The van der Waals surface area contributed by atoms with Gasteiger partial charge in [0.1, 0.15) is 12.1 Å². The highest BCUT2D eigenvalue weighted by Crippen LogP contribution is 2.27. The van der Waals surface area contributed by atoms with E-state index >= 15 is 0 Å². The molecule has 0 bridgehead atoms. The summed E-state index contributed by atoms with van der Waals surface area (Å²) in [7, 11) is 1.83. The van der Waals surface area contributed by atoms with Crippen molar-refractivity contribution in [3.63, 3.8) is 0 Å². The lowest BCUT2D eigenvalue weighted by Gasteiger charge is -2.20. The Morgan fingerprint density at radius 2 is 2.10 bits per heavy atom. The Bertz CT molecular complexity index is 989. The molecule has 3 aromatic rings. The molecule has 0 aromatic carbocycles. The highest BCUT2D eigenvalue weighted by molar-refractivity contribution is 5.93. The molecular formula is C21H26N6O2. The predicted octanol–water partition coefficient (Wildman–Crippen LogP) is 2.97. The number of aryl methyl sites for hydroxylation is 3. The van der Waals surface area contributed by atoms with E-state index in [9.17, 15) is 4.79 Å². The van der Waals surface area contributed by atoms with Crippen LogP contribution in [-0.4, -0.2) is 48.8 Å². The molecule has 3 aromatic heterocycles. The molecule has 1 atom stereocenters. The Morgan fingerprint density at radius 1 is 1.24 bits per heavy atom. The van der Waals surface area contributed by atoms with E-state index in [1.165, 1.54) is 0 Å². The number of hydrogen-bond acceptors (Lipinski definition) is 6. The van der Waals surface area contributed by atoms with Crippen molar-refractivity contribution < 1.29 is 9.32 Å². The van der Waals surface area contributed by atoms with Crippen molar-refractivity contribution in [3.05, 3.63) is 47.5 Å². The van der Waals surface area contributed by atoms with Gasteiger partial charge in [0.2, 0.25) is 0 Å². The summed E-state index contributed by atoms with van der Waals surface area (Å²) >= 11 is 0. The van der Waals surface area contributed by atoms with Crippen LogP contribution in [-0.2, 0) is 13.5 Å². The highest BCUT2D eigenvalue weighted by atomic mass is 16.5. The molecule has 0 spiro atoms. The Morgan fingerprint density at radius 3 is 2.83 bits per heavy atom. The van der Waals surface area contributed by atoms with Gasteiger partial charge in [-0.2, -0.15) is 5.10 Å². The van der Waals surface area contributed by atoms with Gasteiger partial charge < -0.3 is 9.42 Å². The molecule has 8 heteroatoms. The van der Waals surface area contributed by atoms with Crippen LogP contribution in [0.15, 0.2) is 29.3 Å². The smallest absolute Gasteiger partial charge is 0.257 e. The van der Waals surface area contributed by atoms with Crippen LogP contribution in [0.4, 0.5) is 0 Å². The van der Waals surface area contributed by atoms with Crippen molar-refractivity contribution in [2.24, 2.45) is 13.0 Å². The Hall–Kier alpha value is -3.03. The molecule has 29 heavy (non-hydrogen) atoms. The first-order valence-corrected chi connectivity index (χ1v) is 10.0. The zero-order valence-electron chi connectivity index (χ0n) is 17.1. The fraction of sp³-hybridized carbons (Fsp3) is 0.476. The standard InChI is InChI=1S/C21H26N6O2/c1-14-20(15(2)29-25-14)19-10-18(22-13-23-19)9-16-5-4-7-27(8-6-16)21(28)17-11-24-26(3)12-17/h10-13,16H,4-9H2,1-3H3. The number of aromatic nitrogens is 5. The minimum atomic E-state index is 0.0708. The number of carbonyl (C=O) groups excluding carboxylic acids is 1. The largest absolute Gasteiger partial charge is 0.361 e. The maximum absolute atomic E-state index is 12.7. The van der Waals surface area contributed by atoms with Crippen molar-refractivity contribution in [3.8, 4) is 11.3 Å². The normalized spacial score (nSPS) is 17.3. The number of likely N-dealkylation sites (tertiary alicyclic amines) is 1. The average molecular weight is 394 g/mol. The molecule has 1 amide bonds. The molecule has 8 nitrogen and oxygen atoms in total. The van der Waals surface area contributed by atoms with E-state index in [4.69, 9.17) is 4.52 Å². The second kappa shape index (κ2) is 8.14. The molecule has 4 heterocycles. The zero-order chi connectivity index (χ0) is 20.4. The van der Waals surface area contributed by atoms with E-state index in [1.807, 2.05) is 31.9 Å². The van der Waals surface area contributed by atoms with Crippen LogP contribution in [0.5, 0.6) is 0 Å². The molecule has 1 unspecified atom stereocenters. The third-order valence-corrected chi connectivity index (χ3v) is 5.60. The van der Waals surface area contributed by atoms with Gasteiger partial charge in [0.15, 0.2) is 0 Å². The van der Waals surface area contributed by atoms with E-state index < -0.39 is 0 Å². The fourth-order valence-corrected chi connectivity index (χ4v) is 4.08. The summed E-state index contributed by atoms with van der Waals surface area (Å²) < 4.78 is 6.94. The quantitative estimate of drug-likeness (QED) is 0.676. The molecule has 1 aliphatic rings. The SMILES string of the molecule is Cc1noc(C)c1-c1cc(CC2CCCN(C(=O)c3cnn(C)c3)CC2)ncn1. The van der Waals surface area contributed by atoms with Gasteiger partial charge in [0, 0.05) is 32.0 Å². The number of amides is 1. The lowest BCUT2D eigenvalue weighted by Crippen LogP contribution is -2.31. The molecule has 152 valence electrons. The summed E-state index contributed by atoms with van der Waals surface area (Å²) in [5.74, 6) is 1.33. The molecule has 0 saturated carbocycles. The molecule has 0 N–H and O–H groups in total. The van der Waals surface area contributed by atoms with Gasteiger partial charge in [-0.05, 0) is 51.5 Å². The zero-order valence-corrected chi connectivity index (χ0v) is 17.1. The van der Waals surface area contributed by atoms with Gasteiger partial charge in [0.25, 0.3) is 5.91 Å². The lowest BCUT2D eigenvalue weighted by atomic mass is 9.94. The first-order valence-electron chi connectivity index (χ1n) is 10.0. The van der Waals surface area contributed by atoms with Crippen LogP contribution in [0.25, 0.3) is 11.3 Å². The van der Waals surface area contributed by atoms with E-state index in [1.54, 1.807) is 23.4 Å². The summed E-state index contributed by atoms with van der Waals surface area (Å²) in [6, 6.07) is 2.04. The number of rotatable bonds is 4. The Labute approximate surface area is 169 Å². The first-order chi connectivity index (χ1) is 14.0. The highest BCUT2D eigenvalue weighted by Gasteiger charge is 2.23. The fourth-order valence-electron chi connectivity index (χ4n) is 4.08. The molecule has 1 fully saturated rings. The maximum atomic E-state index is 12.7. The van der Waals surface area contributed by atoms with Gasteiger partial charge in [0.05, 0.1) is 28.7 Å². The minimum Gasteiger partial charge on any atom is -0.361 e. The van der Waals surface area contributed by atoms with Crippen molar-refractivity contribution in [1.82, 2.24) is 29.8 Å². The molecular weight excluding hydrogens is 368 g/mol. The van der Waals surface area contributed by atoms with Crippen LogP contribution < -0.4 is 0 Å². The Kier molecular flexibility index (Phi) is 5.42. The van der Waals surface area contributed by atoms with E-state index in [0.717, 1.165) is 67.2 Å². The predicted molar refractivity (Wildman–Crippen MR) is 107 cm³/mol. The summed E-state index contributed by atoms with van der Waals surface area (Å²) in [6.07, 6.45) is 8.97. The minimum absolute atomic E-state index is 0.0708. The average Bonchev–Trinajstić information content (AvgIpc) is 3.20. The third-order valence-electron chi connectivity index (χ3n) is 5.60. The van der Waals surface area contributed by atoms with Crippen LogP contribution in [0.2, 0.25) is 0 Å². The van der Waals surface area contributed by atoms with Crippen LogP contribution in [0, 0.1) is 19.8 Å². The van der Waals surface area contributed by atoms with Crippen molar-refractivity contribution in [2.75, 3.05) is 13.1 Å². The van der Waals surface area contributed by atoms with E-state index in [-0.39, 0.29) is 5.91 Å². The number of nitrogens with zero attached hydrogens (tertiary/aromatic N) is 6. The maximum Gasteiger partial charge on any atom is 0.257 e. The second-order valence-corrected chi connectivity index (χ2v) is 7.79. The monoisotopic (exact) mass is 394 g/mol.